The number of alkyl halides is 3. The van der Waals surface area contributed by atoms with Gasteiger partial charge in [-0.25, -0.2) is 0 Å². The number of rotatable bonds is 9. The van der Waals surface area contributed by atoms with Crippen LogP contribution in [0.2, 0.25) is 0 Å². The number of nitrogens with zero attached hydrogens (tertiary/aromatic N) is 3. The molecule has 156 valence electrons. The first kappa shape index (κ1) is 25.7. The van der Waals surface area contributed by atoms with Crippen LogP contribution < -0.4 is 10.6 Å². The Morgan fingerprint density at radius 2 is 1.96 bits per heavy atom. The summed E-state index contributed by atoms with van der Waals surface area (Å²) in [6, 6.07) is 0.283. The van der Waals surface area contributed by atoms with Gasteiger partial charge in [-0.3, -0.25) is 9.89 Å². The molecule has 0 aromatic heterocycles. The third kappa shape index (κ3) is 10.8. The second-order valence-electron chi connectivity index (χ2n) is 6.77. The molecule has 2 atom stereocenters. The third-order valence-corrected chi connectivity index (χ3v) is 4.63. The molecule has 0 aliphatic carbocycles. The molecule has 1 saturated heterocycles. The highest BCUT2D eigenvalue weighted by Gasteiger charge is 2.34. The number of guanidine groups is 1. The highest BCUT2D eigenvalue weighted by Crippen LogP contribution is 2.19. The van der Waals surface area contributed by atoms with E-state index in [-0.39, 0.29) is 36.1 Å². The summed E-state index contributed by atoms with van der Waals surface area (Å²) in [4.78, 5) is 8.05. The van der Waals surface area contributed by atoms with Gasteiger partial charge in [0.05, 0.1) is 6.54 Å². The molecule has 2 N–H and O–H groups in total. The van der Waals surface area contributed by atoms with Gasteiger partial charge in [-0.05, 0) is 45.8 Å². The van der Waals surface area contributed by atoms with Crippen molar-refractivity contribution in [2.75, 3.05) is 46.3 Å². The second kappa shape index (κ2) is 13.0. The van der Waals surface area contributed by atoms with Crippen LogP contribution in [-0.2, 0) is 0 Å². The molecule has 2 unspecified atom stereocenters. The van der Waals surface area contributed by atoms with E-state index >= 15 is 0 Å². The fraction of sp³-hybridized carbons (Fsp3) is 0.941. The van der Waals surface area contributed by atoms with Crippen molar-refractivity contribution in [1.29, 1.82) is 0 Å². The second-order valence-corrected chi connectivity index (χ2v) is 6.77. The fourth-order valence-corrected chi connectivity index (χ4v) is 3.18. The van der Waals surface area contributed by atoms with Gasteiger partial charge >= 0.3 is 6.18 Å². The maximum Gasteiger partial charge on any atom is 0.401 e. The first-order chi connectivity index (χ1) is 11.8. The van der Waals surface area contributed by atoms with Crippen molar-refractivity contribution in [3.05, 3.63) is 0 Å². The Kier molecular flexibility index (Phi) is 12.8. The van der Waals surface area contributed by atoms with E-state index in [0.29, 0.717) is 25.5 Å². The van der Waals surface area contributed by atoms with Crippen LogP contribution in [-0.4, -0.2) is 80.3 Å². The monoisotopic (exact) mass is 493 g/mol. The van der Waals surface area contributed by atoms with Crippen LogP contribution >= 0.6 is 24.0 Å². The van der Waals surface area contributed by atoms with Gasteiger partial charge in [0.15, 0.2) is 5.96 Å². The number of halogens is 4. The zero-order chi connectivity index (χ0) is 18.9. The maximum absolute atomic E-state index is 12.5. The molecule has 0 aromatic rings. The van der Waals surface area contributed by atoms with Crippen molar-refractivity contribution in [2.45, 2.75) is 58.3 Å². The van der Waals surface area contributed by atoms with Crippen molar-refractivity contribution in [3.63, 3.8) is 0 Å². The number of nitrogens with one attached hydrogen (secondary N) is 2. The van der Waals surface area contributed by atoms with Crippen LogP contribution in [0.4, 0.5) is 13.2 Å². The van der Waals surface area contributed by atoms with Gasteiger partial charge in [0.1, 0.15) is 0 Å². The van der Waals surface area contributed by atoms with Crippen molar-refractivity contribution in [2.24, 2.45) is 4.99 Å². The predicted molar refractivity (Wildman–Crippen MR) is 112 cm³/mol. The Morgan fingerprint density at radius 1 is 1.31 bits per heavy atom. The molecule has 1 aliphatic rings. The molecule has 0 amide bonds. The topological polar surface area (TPSA) is 42.9 Å². The van der Waals surface area contributed by atoms with Crippen LogP contribution in [0.15, 0.2) is 4.99 Å². The standard InChI is InChI=1S/C17H34F3N5.HI/c1-5-24(6-2)10-7-8-14(3)22-16(21-4)23-15-9-11-25(12-15)13-17(18,19)20;/h14-15H,5-13H2,1-4H3,(H2,21,22,23);1H. The van der Waals surface area contributed by atoms with Crippen LogP contribution in [0.25, 0.3) is 0 Å². The van der Waals surface area contributed by atoms with Gasteiger partial charge in [0.2, 0.25) is 0 Å². The molecule has 26 heavy (non-hydrogen) atoms. The van der Waals surface area contributed by atoms with Crippen molar-refractivity contribution >= 4 is 29.9 Å². The van der Waals surface area contributed by atoms with Crippen LogP contribution in [0, 0.1) is 0 Å². The van der Waals surface area contributed by atoms with E-state index < -0.39 is 12.7 Å². The zero-order valence-corrected chi connectivity index (χ0v) is 18.7. The van der Waals surface area contributed by atoms with Gasteiger partial charge in [-0.2, -0.15) is 13.2 Å². The SMILES string of the molecule is CCN(CC)CCCC(C)NC(=NC)NC1CCN(CC(F)(F)F)C1.I. The van der Waals surface area contributed by atoms with E-state index in [0.717, 1.165) is 32.5 Å². The van der Waals surface area contributed by atoms with Gasteiger partial charge < -0.3 is 15.5 Å². The quantitative estimate of drug-likeness (QED) is 0.295. The average Bonchev–Trinajstić information content (AvgIpc) is 2.95. The van der Waals surface area contributed by atoms with Gasteiger partial charge in [-0.15, -0.1) is 24.0 Å². The summed E-state index contributed by atoms with van der Waals surface area (Å²) in [5, 5.41) is 6.60. The minimum atomic E-state index is -4.13. The van der Waals surface area contributed by atoms with Gasteiger partial charge in [-0.1, -0.05) is 13.8 Å². The van der Waals surface area contributed by atoms with Crippen molar-refractivity contribution in [3.8, 4) is 0 Å². The third-order valence-electron chi connectivity index (χ3n) is 4.63. The summed E-state index contributed by atoms with van der Waals surface area (Å²) in [5.41, 5.74) is 0. The van der Waals surface area contributed by atoms with Crippen LogP contribution in [0.3, 0.4) is 0 Å². The zero-order valence-electron chi connectivity index (χ0n) is 16.4. The van der Waals surface area contributed by atoms with E-state index in [2.05, 4.69) is 41.3 Å². The highest BCUT2D eigenvalue weighted by molar-refractivity contribution is 14.0. The molecule has 1 heterocycles. The lowest BCUT2D eigenvalue weighted by atomic mass is 10.2. The molecular formula is C17H35F3IN5. The van der Waals surface area contributed by atoms with Crippen molar-refractivity contribution in [1.82, 2.24) is 20.4 Å². The largest absolute Gasteiger partial charge is 0.401 e. The predicted octanol–water partition coefficient (Wildman–Crippen LogP) is 2.92. The number of likely N-dealkylation sites (tertiary alicyclic amines) is 1. The molecule has 5 nitrogen and oxygen atoms in total. The Morgan fingerprint density at radius 3 is 2.50 bits per heavy atom. The van der Waals surface area contributed by atoms with Crippen LogP contribution in [0.1, 0.15) is 40.0 Å². The summed E-state index contributed by atoms with van der Waals surface area (Å²) >= 11 is 0. The molecule has 1 aliphatic heterocycles. The molecule has 0 saturated carbocycles. The Hall–Kier alpha value is -0.290. The summed E-state index contributed by atoms with van der Waals surface area (Å²) in [7, 11) is 1.69. The van der Waals surface area contributed by atoms with E-state index in [1.807, 2.05) is 0 Å². The lowest BCUT2D eigenvalue weighted by molar-refractivity contribution is -0.143. The molecule has 9 heteroatoms. The van der Waals surface area contributed by atoms with Crippen LogP contribution in [0.5, 0.6) is 0 Å². The minimum absolute atomic E-state index is 0. The first-order valence-corrected chi connectivity index (χ1v) is 9.28. The minimum Gasteiger partial charge on any atom is -0.354 e. The van der Waals surface area contributed by atoms with E-state index in [9.17, 15) is 13.2 Å². The van der Waals surface area contributed by atoms with Gasteiger partial charge in [0, 0.05) is 32.2 Å². The van der Waals surface area contributed by atoms with Crippen molar-refractivity contribution < 1.29 is 13.2 Å². The summed E-state index contributed by atoms with van der Waals surface area (Å²) < 4.78 is 37.4. The lowest BCUT2D eigenvalue weighted by Gasteiger charge is -2.23. The molecule has 0 radical (unpaired) electrons. The number of hydrogen-bond donors (Lipinski definition) is 2. The Labute approximate surface area is 173 Å². The van der Waals surface area contributed by atoms with Gasteiger partial charge in [0.25, 0.3) is 0 Å². The molecule has 0 bridgehead atoms. The normalized spacial score (nSPS) is 20.2. The fourth-order valence-electron chi connectivity index (χ4n) is 3.18. The molecular weight excluding hydrogens is 458 g/mol. The summed E-state index contributed by atoms with van der Waals surface area (Å²) in [6.07, 6.45) is -1.29. The smallest absolute Gasteiger partial charge is 0.354 e. The summed E-state index contributed by atoms with van der Waals surface area (Å²) in [5.74, 6) is 0.675. The highest BCUT2D eigenvalue weighted by atomic mass is 127. The van der Waals surface area contributed by atoms with E-state index in [1.165, 1.54) is 4.90 Å². The Bertz CT molecular complexity index is 402. The number of aliphatic imine (C=N–C) groups is 1. The van der Waals surface area contributed by atoms with E-state index in [4.69, 9.17) is 0 Å². The first-order valence-electron chi connectivity index (χ1n) is 9.28. The average molecular weight is 493 g/mol. The molecule has 0 spiro atoms. The van der Waals surface area contributed by atoms with E-state index in [1.54, 1.807) is 7.05 Å². The molecule has 0 aromatic carbocycles. The lowest BCUT2D eigenvalue weighted by Crippen LogP contribution is -2.47. The molecule has 1 fully saturated rings. The maximum atomic E-state index is 12.5. The molecule has 1 rings (SSSR count). The Balaban J connectivity index is 0.00000625. The number of hydrogen-bond acceptors (Lipinski definition) is 3. The summed E-state index contributed by atoms with van der Waals surface area (Å²) in [6.45, 7) is 9.69.